The molecule has 0 saturated carbocycles. The number of rotatable bonds is 3. The molecule has 1 N–H and O–H groups in total. The van der Waals surface area contributed by atoms with Crippen LogP contribution in [0, 0.1) is 12.7 Å². The van der Waals surface area contributed by atoms with Crippen LogP contribution in [-0.2, 0) is 10.0 Å². The fraction of sp³-hybridized carbons (Fsp3) is 0.100. The van der Waals surface area contributed by atoms with Crippen molar-refractivity contribution in [3.63, 3.8) is 0 Å². The van der Waals surface area contributed by atoms with Gasteiger partial charge in [0.2, 0.25) is 0 Å². The van der Waals surface area contributed by atoms with E-state index >= 15 is 0 Å². The van der Waals surface area contributed by atoms with Crippen LogP contribution < -0.4 is 4.72 Å². The molecular weight excluding hydrogens is 283 g/mol. The number of hydrogen-bond acceptors (Lipinski definition) is 4. The summed E-state index contributed by atoms with van der Waals surface area (Å²) in [5.41, 5.74) is 0. The van der Waals surface area contributed by atoms with E-state index in [1.165, 1.54) is 6.07 Å². The normalized spacial score (nSPS) is 11.5. The number of aromatic nitrogens is 1. The van der Waals surface area contributed by atoms with Crippen LogP contribution >= 0.6 is 11.6 Å². The average molecular weight is 291 g/mol. The van der Waals surface area contributed by atoms with Gasteiger partial charge in [-0.25, -0.2) is 12.8 Å². The Labute approximate surface area is 108 Å². The predicted octanol–water partition coefficient (Wildman–Crippen LogP) is 2.58. The van der Waals surface area contributed by atoms with Gasteiger partial charge in [0.15, 0.2) is 5.82 Å². The van der Waals surface area contributed by atoms with Crippen LogP contribution in [0.5, 0.6) is 0 Å². The largest absolute Gasteiger partial charge is 0.360 e. The van der Waals surface area contributed by atoms with Crippen LogP contribution in [0.2, 0.25) is 5.02 Å². The highest BCUT2D eigenvalue weighted by Crippen LogP contribution is 2.24. The second-order valence-electron chi connectivity index (χ2n) is 3.50. The number of aryl methyl sites for hydroxylation is 1. The van der Waals surface area contributed by atoms with Gasteiger partial charge in [0.25, 0.3) is 10.0 Å². The molecule has 0 aliphatic heterocycles. The molecule has 0 fully saturated rings. The fourth-order valence-electron chi connectivity index (χ4n) is 1.30. The van der Waals surface area contributed by atoms with Crippen molar-refractivity contribution in [3.05, 3.63) is 40.9 Å². The van der Waals surface area contributed by atoms with Gasteiger partial charge in [-0.15, -0.1) is 0 Å². The molecule has 0 unspecified atom stereocenters. The van der Waals surface area contributed by atoms with Crippen molar-refractivity contribution in [2.45, 2.75) is 11.8 Å². The van der Waals surface area contributed by atoms with E-state index in [1.807, 2.05) is 0 Å². The zero-order chi connectivity index (χ0) is 13.3. The van der Waals surface area contributed by atoms with Crippen LogP contribution in [0.4, 0.5) is 10.2 Å². The van der Waals surface area contributed by atoms with Crippen LogP contribution in [0.15, 0.2) is 33.7 Å². The highest BCUT2D eigenvalue weighted by Gasteiger charge is 2.19. The molecule has 0 atom stereocenters. The van der Waals surface area contributed by atoms with E-state index in [0.29, 0.717) is 5.76 Å². The minimum absolute atomic E-state index is 0.0351. The van der Waals surface area contributed by atoms with Crippen LogP contribution in [-0.4, -0.2) is 13.6 Å². The second kappa shape index (κ2) is 4.58. The summed E-state index contributed by atoms with van der Waals surface area (Å²) in [6.45, 7) is 1.62. The molecule has 2 aromatic rings. The third-order valence-corrected chi connectivity index (χ3v) is 3.89. The first kappa shape index (κ1) is 12.8. The molecule has 0 radical (unpaired) electrons. The van der Waals surface area contributed by atoms with Gasteiger partial charge >= 0.3 is 0 Å². The molecule has 1 aromatic heterocycles. The van der Waals surface area contributed by atoms with Crippen LogP contribution in [0.25, 0.3) is 0 Å². The Morgan fingerprint density at radius 3 is 2.67 bits per heavy atom. The third-order valence-electron chi connectivity index (χ3n) is 2.05. The molecule has 1 aromatic carbocycles. The lowest BCUT2D eigenvalue weighted by Gasteiger charge is -2.06. The van der Waals surface area contributed by atoms with Crippen LogP contribution in [0.3, 0.4) is 0 Å². The van der Waals surface area contributed by atoms with Gasteiger partial charge in [-0.1, -0.05) is 16.8 Å². The summed E-state index contributed by atoms with van der Waals surface area (Å²) >= 11 is 5.68. The first-order valence-electron chi connectivity index (χ1n) is 4.80. The number of nitrogens with zero attached hydrogens (tertiary/aromatic N) is 1. The number of halogens is 2. The molecular formula is C10H8ClFN2O3S. The zero-order valence-electron chi connectivity index (χ0n) is 9.15. The Morgan fingerprint density at radius 1 is 1.39 bits per heavy atom. The van der Waals surface area contributed by atoms with Crippen molar-refractivity contribution >= 4 is 27.4 Å². The monoisotopic (exact) mass is 290 g/mol. The number of nitrogens with one attached hydrogen (secondary N) is 1. The van der Waals surface area contributed by atoms with Crippen molar-refractivity contribution in [2.24, 2.45) is 0 Å². The average Bonchev–Trinajstić information content (AvgIpc) is 2.62. The highest BCUT2D eigenvalue weighted by atomic mass is 35.5. The topological polar surface area (TPSA) is 72.2 Å². The summed E-state index contributed by atoms with van der Waals surface area (Å²) in [4.78, 5) is -0.230. The van der Waals surface area contributed by atoms with Crippen LogP contribution in [0.1, 0.15) is 5.76 Å². The van der Waals surface area contributed by atoms with E-state index in [9.17, 15) is 12.8 Å². The Hall–Kier alpha value is -1.60. The van der Waals surface area contributed by atoms with E-state index in [-0.39, 0.29) is 15.7 Å². The molecule has 1 heterocycles. The molecule has 0 spiro atoms. The molecule has 0 aliphatic carbocycles. The summed E-state index contributed by atoms with van der Waals surface area (Å²) in [5.74, 6) is -0.123. The van der Waals surface area contributed by atoms with Gasteiger partial charge in [0.1, 0.15) is 16.5 Å². The van der Waals surface area contributed by atoms with Gasteiger partial charge in [0.05, 0.1) is 5.02 Å². The molecule has 2 rings (SSSR count). The maximum Gasteiger partial charge on any atom is 0.264 e. The first-order chi connectivity index (χ1) is 8.38. The highest BCUT2D eigenvalue weighted by molar-refractivity contribution is 7.92. The Kier molecular flexibility index (Phi) is 3.27. The quantitative estimate of drug-likeness (QED) is 0.943. The summed E-state index contributed by atoms with van der Waals surface area (Å²) < 4.78 is 43.6. The van der Waals surface area contributed by atoms with E-state index in [4.69, 9.17) is 16.1 Å². The Balaban J connectivity index is 2.36. The second-order valence-corrected chi connectivity index (χ2v) is 5.56. The summed E-state index contributed by atoms with van der Waals surface area (Å²) in [7, 11) is -3.92. The zero-order valence-corrected chi connectivity index (χ0v) is 10.7. The molecule has 18 heavy (non-hydrogen) atoms. The smallest absolute Gasteiger partial charge is 0.264 e. The van der Waals surface area contributed by atoms with Gasteiger partial charge in [-0.05, 0) is 25.1 Å². The molecule has 8 heteroatoms. The molecule has 0 amide bonds. The summed E-state index contributed by atoms with van der Waals surface area (Å²) in [6.07, 6.45) is 0. The molecule has 0 saturated heterocycles. The van der Waals surface area contributed by atoms with E-state index in [0.717, 1.165) is 18.2 Å². The first-order valence-corrected chi connectivity index (χ1v) is 6.66. The lowest BCUT2D eigenvalue weighted by atomic mass is 10.3. The summed E-state index contributed by atoms with van der Waals surface area (Å²) in [6, 6.07) is 4.42. The number of anilines is 1. The van der Waals surface area contributed by atoms with E-state index in [2.05, 4.69) is 9.88 Å². The number of hydrogen-bond donors (Lipinski definition) is 1. The van der Waals surface area contributed by atoms with E-state index in [1.54, 1.807) is 6.92 Å². The minimum atomic E-state index is -3.92. The molecule has 5 nitrogen and oxygen atoms in total. The van der Waals surface area contributed by atoms with Gasteiger partial charge in [-0.3, -0.25) is 4.72 Å². The van der Waals surface area contributed by atoms with Crippen molar-refractivity contribution in [1.29, 1.82) is 0 Å². The standard InChI is InChI=1S/C10H8ClFN2O3S/c1-6-4-10(13-17-6)14-18(15,16)9-3-2-7(12)5-8(9)11/h2-5H,1H3,(H,13,14). The van der Waals surface area contributed by atoms with Gasteiger partial charge < -0.3 is 4.52 Å². The van der Waals surface area contributed by atoms with E-state index < -0.39 is 15.8 Å². The Bertz CT molecular complexity index is 684. The lowest BCUT2D eigenvalue weighted by Crippen LogP contribution is -2.13. The van der Waals surface area contributed by atoms with Crippen molar-refractivity contribution in [2.75, 3.05) is 4.72 Å². The molecule has 0 bridgehead atoms. The Morgan fingerprint density at radius 2 is 2.11 bits per heavy atom. The molecule has 96 valence electrons. The maximum atomic E-state index is 12.8. The predicted molar refractivity (Wildman–Crippen MR) is 63.5 cm³/mol. The summed E-state index contributed by atoms with van der Waals surface area (Å²) in [5, 5.41) is 3.29. The van der Waals surface area contributed by atoms with Crippen molar-refractivity contribution < 1.29 is 17.3 Å². The fourth-order valence-corrected chi connectivity index (χ4v) is 2.82. The van der Waals surface area contributed by atoms with Gasteiger partial charge in [-0.2, -0.15) is 0 Å². The molecule has 0 aliphatic rings. The third kappa shape index (κ3) is 2.62. The number of sulfonamides is 1. The van der Waals surface area contributed by atoms with Gasteiger partial charge in [0, 0.05) is 6.07 Å². The number of benzene rings is 1. The minimum Gasteiger partial charge on any atom is -0.360 e. The van der Waals surface area contributed by atoms with Crippen molar-refractivity contribution in [1.82, 2.24) is 5.16 Å². The lowest BCUT2D eigenvalue weighted by molar-refractivity contribution is 0.400. The maximum absolute atomic E-state index is 12.8. The van der Waals surface area contributed by atoms with Crippen molar-refractivity contribution in [3.8, 4) is 0 Å². The SMILES string of the molecule is Cc1cc(NS(=O)(=O)c2ccc(F)cc2Cl)no1.